The van der Waals surface area contributed by atoms with E-state index in [4.69, 9.17) is 0 Å². The Hall–Kier alpha value is -3.78. The van der Waals surface area contributed by atoms with Crippen LogP contribution in [0.15, 0.2) is 66.7 Å². The van der Waals surface area contributed by atoms with Crippen LogP contribution in [0, 0.1) is 77.1 Å². The zero-order valence-electron chi connectivity index (χ0n) is 38.8. The van der Waals surface area contributed by atoms with Gasteiger partial charge in [-0.2, -0.15) is 0 Å². The van der Waals surface area contributed by atoms with E-state index < -0.39 is 0 Å². The molecule has 60 heavy (non-hydrogen) atoms. The molecule has 3 heteroatoms. The Kier molecular flexibility index (Phi) is 25.5. The van der Waals surface area contributed by atoms with E-state index in [0.29, 0.717) is 0 Å². The van der Waals surface area contributed by atoms with Crippen LogP contribution in [0.5, 0.6) is 0 Å². The Labute approximate surface area is 380 Å². The van der Waals surface area contributed by atoms with Gasteiger partial charge in [0.05, 0.1) is 0 Å². The second kappa shape index (κ2) is 30.3. The van der Waals surface area contributed by atoms with Gasteiger partial charge in [0.25, 0.3) is 0 Å². The van der Waals surface area contributed by atoms with Crippen LogP contribution in [0.2, 0.25) is 0 Å². The highest BCUT2D eigenvalue weighted by Crippen LogP contribution is 2.22. The van der Waals surface area contributed by atoms with Gasteiger partial charge >= 0.3 is 0 Å². The summed E-state index contributed by atoms with van der Waals surface area (Å²) in [5.74, 6) is 19.7. The van der Waals surface area contributed by atoms with Crippen LogP contribution >= 0.6 is 34.0 Å². The lowest BCUT2D eigenvalue weighted by atomic mass is 10.0. The molecule has 0 fully saturated rings. The Morgan fingerprint density at radius 2 is 0.700 bits per heavy atom. The van der Waals surface area contributed by atoms with Gasteiger partial charge in [0.15, 0.2) is 0 Å². The van der Waals surface area contributed by atoms with Crippen molar-refractivity contribution < 1.29 is 0 Å². The third-order valence-electron chi connectivity index (χ3n) is 10.5. The van der Waals surface area contributed by atoms with Crippen LogP contribution in [0.4, 0.5) is 0 Å². The molecule has 2 aromatic carbocycles. The summed E-state index contributed by atoms with van der Waals surface area (Å²) in [5.41, 5.74) is 8.65. The Morgan fingerprint density at radius 3 is 1.08 bits per heavy atom. The molecular weight excluding hydrogens is 781 g/mol. The monoisotopic (exact) mass is 854 g/mol. The maximum Gasteiger partial charge on any atom is 0.0388 e. The van der Waals surface area contributed by atoms with Gasteiger partial charge in [0.1, 0.15) is 0 Å². The molecule has 0 saturated heterocycles. The van der Waals surface area contributed by atoms with E-state index in [0.717, 1.165) is 17.5 Å². The first-order chi connectivity index (χ1) is 29.1. The second-order valence-electron chi connectivity index (χ2n) is 16.2. The number of hydrogen-bond acceptors (Lipinski definition) is 3. The van der Waals surface area contributed by atoms with Crippen LogP contribution in [0.25, 0.3) is 0 Å². The van der Waals surface area contributed by atoms with Crippen molar-refractivity contribution in [2.45, 2.75) is 178 Å². The molecule has 3 aromatic heterocycles. The van der Waals surface area contributed by atoms with Gasteiger partial charge in [-0.05, 0) is 127 Å². The number of hydrogen-bond donors (Lipinski definition) is 0. The second-order valence-corrected chi connectivity index (χ2v) is 20.6. The predicted molar refractivity (Wildman–Crippen MR) is 271 cm³/mol. The fraction of sp³-hybridized carbons (Fsp3) is 0.474. The molecule has 0 nitrogen and oxygen atoms in total. The van der Waals surface area contributed by atoms with Gasteiger partial charge in [-0.15, -0.1) is 34.0 Å². The first-order valence-corrected chi connectivity index (χ1v) is 25.5. The zero-order chi connectivity index (χ0) is 43.4. The molecule has 0 radical (unpaired) electrons. The standard InChI is InChI=1S/C22H28S.C19H22S.C16H24S/c1-4-5-6-7-8-9-10-20-11-13-21(14-12-20)15-16-22-17-18(2)23-19(22)3;1-4-5-6-7-17-8-10-18(11-9-17)12-13-19-14-15(2)20-16(19)3;1-4-5-6-7-8-9-10-11-12-16-13-14(2)17-15(16)3/h11-14,17H,4-10H2,1-3H3;8-11,14H,4-7H2,1-3H3;13H,4-10H2,1-3H3. The molecule has 0 N–H and O–H groups in total. The fourth-order valence-electron chi connectivity index (χ4n) is 6.89. The molecule has 3 heterocycles. The Morgan fingerprint density at radius 1 is 0.367 bits per heavy atom. The highest BCUT2D eigenvalue weighted by molar-refractivity contribution is 7.12. The Bertz CT molecular complexity index is 2110. The van der Waals surface area contributed by atoms with Gasteiger partial charge in [0.2, 0.25) is 0 Å². The summed E-state index contributed by atoms with van der Waals surface area (Å²) in [7, 11) is 0. The van der Waals surface area contributed by atoms with Crippen molar-refractivity contribution in [2.24, 2.45) is 0 Å². The van der Waals surface area contributed by atoms with E-state index >= 15 is 0 Å². The van der Waals surface area contributed by atoms with E-state index in [1.165, 1.54) is 166 Å². The van der Waals surface area contributed by atoms with Crippen molar-refractivity contribution in [2.75, 3.05) is 0 Å². The van der Waals surface area contributed by atoms with Crippen LogP contribution in [-0.2, 0) is 12.8 Å². The third kappa shape index (κ3) is 21.1. The number of unbranched alkanes of at least 4 members (excludes halogenated alkanes) is 13. The van der Waals surface area contributed by atoms with Gasteiger partial charge in [-0.3, -0.25) is 0 Å². The van der Waals surface area contributed by atoms with E-state index in [1.807, 2.05) is 34.0 Å². The molecule has 0 aliphatic heterocycles. The molecule has 0 aliphatic carbocycles. The smallest absolute Gasteiger partial charge is 0.0388 e. The largest absolute Gasteiger partial charge is 0.145 e. The van der Waals surface area contributed by atoms with Crippen LogP contribution in [0.1, 0.15) is 192 Å². The van der Waals surface area contributed by atoms with Crippen molar-refractivity contribution in [3.8, 4) is 35.5 Å². The summed E-state index contributed by atoms with van der Waals surface area (Å²) in [6, 6.07) is 24.1. The summed E-state index contributed by atoms with van der Waals surface area (Å²) in [4.78, 5) is 8.02. The van der Waals surface area contributed by atoms with Gasteiger partial charge in [0, 0.05) is 63.5 Å². The number of aryl methyl sites for hydroxylation is 8. The van der Waals surface area contributed by atoms with Gasteiger partial charge in [-0.25, -0.2) is 0 Å². The molecule has 0 saturated carbocycles. The maximum atomic E-state index is 3.30. The highest BCUT2D eigenvalue weighted by atomic mass is 32.1. The topological polar surface area (TPSA) is 0 Å². The zero-order valence-corrected chi connectivity index (χ0v) is 41.3. The van der Waals surface area contributed by atoms with Crippen LogP contribution in [0.3, 0.4) is 0 Å². The van der Waals surface area contributed by atoms with Crippen molar-refractivity contribution >= 4 is 34.0 Å². The van der Waals surface area contributed by atoms with Crippen molar-refractivity contribution in [3.63, 3.8) is 0 Å². The van der Waals surface area contributed by atoms with Crippen molar-refractivity contribution in [3.05, 3.63) is 135 Å². The lowest BCUT2D eigenvalue weighted by molar-refractivity contribution is 0.607. The quantitative estimate of drug-likeness (QED) is 0.0646. The summed E-state index contributed by atoms with van der Waals surface area (Å²) >= 11 is 5.48. The Balaban J connectivity index is 0.000000243. The summed E-state index contributed by atoms with van der Waals surface area (Å²) < 4.78 is 0. The van der Waals surface area contributed by atoms with Crippen molar-refractivity contribution in [1.82, 2.24) is 0 Å². The maximum absolute atomic E-state index is 3.30. The average molecular weight is 855 g/mol. The number of benzene rings is 2. The third-order valence-corrected chi connectivity index (χ3v) is 13.4. The minimum absolute atomic E-state index is 1.06. The van der Waals surface area contributed by atoms with Crippen LogP contribution in [-0.4, -0.2) is 0 Å². The van der Waals surface area contributed by atoms with Crippen LogP contribution < -0.4 is 0 Å². The minimum atomic E-state index is 1.06. The SMILES string of the molecule is CCCCCCCCC#Cc1cc(C)sc1C.CCCCCCCCc1ccc(C#Cc2cc(C)sc2C)cc1.CCCCCc1ccc(C#Cc2cc(C)sc2C)cc1. The highest BCUT2D eigenvalue weighted by Gasteiger charge is 2.01. The molecule has 0 atom stereocenters. The number of thiophene rings is 3. The molecule has 5 rings (SSSR count). The lowest BCUT2D eigenvalue weighted by Crippen LogP contribution is -1.87. The van der Waals surface area contributed by atoms with Crippen molar-refractivity contribution in [1.29, 1.82) is 0 Å². The first kappa shape index (κ1) is 50.6. The summed E-state index contributed by atoms with van der Waals surface area (Å²) in [6.45, 7) is 19.6. The normalized spacial score (nSPS) is 10.2. The molecule has 0 unspecified atom stereocenters. The fourth-order valence-corrected chi connectivity index (χ4v) is 9.53. The summed E-state index contributed by atoms with van der Waals surface area (Å²) in [5, 5.41) is 0. The van der Waals surface area contributed by atoms with Gasteiger partial charge in [-0.1, -0.05) is 158 Å². The first-order valence-electron chi connectivity index (χ1n) is 23.0. The predicted octanol–water partition coefficient (Wildman–Crippen LogP) is 17.6. The van der Waals surface area contributed by atoms with Gasteiger partial charge < -0.3 is 0 Å². The molecule has 0 amide bonds. The summed E-state index contributed by atoms with van der Waals surface area (Å²) in [6.07, 6.45) is 23.6. The average Bonchev–Trinajstić information content (AvgIpc) is 3.87. The van der Waals surface area contributed by atoms with E-state index in [-0.39, 0.29) is 0 Å². The molecular formula is C57H74S3. The lowest BCUT2D eigenvalue weighted by Gasteiger charge is -2.02. The number of rotatable bonds is 17. The van der Waals surface area contributed by atoms with E-state index in [1.54, 1.807) is 0 Å². The molecule has 0 aliphatic rings. The van der Waals surface area contributed by atoms with E-state index in [9.17, 15) is 0 Å². The molecule has 0 spiro atoms. The molecule has 320 valence electrons. The minimum Gasteiger partial charge on any atom is -0.145 e. The van der Waals surface area contributed by atoms with E-state index in [2.05, 4.69) is 165 Å². The molecule has 5 aromatic rings. The molecule has 0 bridgehead atoms.